The lowest BCUT2D eigenvalue weighted by molar-refractivity contribution is -0.139. The number of hydrogen-bond acceptors (Lipinski definition) is 6. The Hall–Kier alpha value is -3.33. The number of nitrogens with zero attached hydrogens (tertiary/aromatic N) is 3. The van der Waals surface area contributed by atoms with Crippen LogP contribution in [0.5, 0.6) is 5.75 Å². The number of ether oxygens (including phenoxy) is 1. The topological polar surface area (TPSA) is 91.3 Å². The zero-order valence-electron chi connectivity index (χ0n) is 19.0. The molecule has 0 saturated carbocycles. The van der Waals surface area contributed by atoms with Crippen molar-refractivity contribution in [1.82, 2.24) is 10.3 Å². The van der Waals surface area contributed by atoms with Gasteiger partial charge < -0.3 is 15.0 Å². The minimum atomic E-state index is -1.37. The minimum Gasteiger partial charge on any atom is -0.493 e. The van der Waals surface area contributed by atoms with Crippen LogP contribution in [0.4, 0.5) is 5.69 Å². The molecular weight excluding hydrogens is 440 g/mol. The van der Waals surface area contributed by atoms with Gasteiger partial charge in [0.2, 0.25) is 16.7 Å². The van der Waals surface area contributed by atoms with Gasteiger partial charge >= 0.3 is 0 Å². The van der Waals surface area contributed by atoms with Crippen molar-refractivity contribution in [3.8, 4) is 5.75 Å². The lowest BCUT2D eigenvalue weighted by Gasteiger charge is -2.29. The van der Waals surface area contributed by atoms with Crippen molar-refractivity contribution < 1.29 is 19.1 Å². The molecule has 2 aromatic carbocycles. The molecule has 0 bridgehead atoms. The highest BCUT2D eigenvalue weighted by Crippen LogP contribution is 2.55. The molecule has 0 radical (unpaired) electrons. The van der Waals surface area contributed by atoms with Gasteiger partial charge in [-0.2, -0.15) is 5.01 Å². The zero-order chi connectivity index (χ0) is 23.8. The Morgan fingerprint density at radius 1 is 1.09 bits per heavy atom. The van der Waals surface area contributed by atoms with E-state index in [1.807, 2.05) is 56.3 Å². The number of carbonyl (C=O) groups is 3. The Bertz CT molecular complexity index is 1160. The third kappa shape index (κ3) is 3.97. The highest BCUT2D eigenvalue weighted by molar-refractivity contribution is 8.15. The summed E-state index contributed by atoms with van der Waals surface area (Å²) in [6.07, 6.45) is 0.605. The Morgan fingerprint density at radius 2 is 1.82 bits per heavy atom. The van der Waals surface area contributed by atoms with E-state index in [1.54, 1.807) is 4.90 Å². The molecule has 3 amide bonds. The molecule has 9 heteroatoms. The summed E-state index contributed by atoms with van der Waals surface area (Å²) >= 11 is 1.09. The van der Waals surface area contributed by atoms with Crippen LogP contribution in [0.15, 0.2) is 47.6 Å². The SMILES string of the molecule is CC(=O)NC1=NN(C(C)=O)[C@]2(S1)C(=O)N(CCCOc1ccccc1C)c1c(C)cccc12. The van der Waals surface area contributed by atoms with E-state index in [2.05, 4.69) is 10.4 Å². The van der Waals surface area contributed by atoms with Crippen molar-refractivity contribution in [2.75, 3.05) is 18.1 Å². The summed E-state index contributed by atoms with van der Waals surface area (Å²) in [5.74, 6) is -0.136. The average molecular weight is 467 g/mol. The second-order valence-corrected chi connectivity index (χ2v) is 9.24. The van der Waals surface area contributed by atoms with Gasteiger partial charge in [0.05, 0.1) is 12.3 Å². The van der Waals surface area contributed by atoms with E-state index in [9.17, 15) is 14.4 Å². The van der Waals surface area contributed by atoms with E-state index in [0.717, 1.165) is 34.3 Å². The number of nitrogens with one attached hydrogen (secondary N) is 1. The first-order valence-electron chi connectivity index (χ1n) is 10.7. The fourth-order valence-electron chi connectivity index (χ4n) is 4.19. The molecule has 2 aromatic rings. The number of hydrogen-bond donors (Lipinski definition) is 1. The van der Waals surface area contributed by atoms with E-state index in [-0.39, 0.29) is 22.9 Å². The Labute approximate surface area is 197 Å². The molecule has 2 aliphatic rings. The molecule has 1 spiro atoms. The average Bonchev–Trinajstić information content (AvgIpc) is 3.25. The van der Waals surface area contributed by atoms with E-state index >= 15 is 0 Å². The quantitative estimate of drug-likeness (QED) is 0.683. The molecule has 33 heavy (non-hydrogen) atoms. The standard InChI is InChI=1S/C24H26N4O4S/c1-15-9-5-6-12-20(15)32-14-8-13-27-21-16(2)10-7-11-19(21)24(22(27)31)28(18(4)30)26-23(33-24)25-17(3)29/h5-7,9-12H,8,13-14H2,1-4H3,(H,25,26,29)/t24-/m1/s1. The molecule has 4 rings (SSSR count). The lowest BCUT2D eigenvalue weighted by Crippen LogP contribution is -2.48. The number of thioether (sulfide) groups is 1. The summed E-state index contributed by atoms with van der Waals surface area (Å²) in [5.41, 5.74) is 3.44. The van der Waals surface area contributed by atoms with Crippen molar-refractivity contribution in [2.24, 2.45) is 5.10 Å². The summed E-state index contributed by atoms with van der Waals surface area (Å²) in [5, 5.41) is 8.32. The maximum absolute atomic E-state index is 13.9. The molecular formula is C24H26N4O4S. The van der Waals surface area contributed by atoms with Crippen LogP contribution in [0.2, 0.25) is 0 Å². The number of benzene rings is 2. The molecule has 0 saturated heterocycles. The summed E-state index contributed by atoms with van der Waals surface area (Å²) < 4.78 is 5.91. The van der Waals surface area contributed by atoms with Crippen LogP contribution in [0.3, 0.4) is 0 Å². The van der Waals surface area contributed by atoms with Gasteiger partial charge in [0, 0.05) is 26.0 Å². The molecule has 2 heterocycles. The van der Waals surface area contributed by atoms with Crippen molar-refractivity contribution in [3.05, 3.63) is 59.2 Å². The van der Waals surface area contributed by atoms with Crippen LogP contribution in [-0.4, -0.2) is 41.0 Å². The highest BCUT2D eigenvalue weighted by Gasteiger charge is 2.61. The van der Waals surface area contributed by atoms with E-state index < -0.39 is 4.87 Å². The normalized spacial score (nSPS) is 19.0. The van der Waals surface area contributed by atoms with Crippen LogP contribution >= 0.6 is 11.8 Å². The van der Waals surface area contributed by atoms with Crippen LogP contribution < -0.4 is 15.0 Å². The summed E-state index contributed by atoms with van der Waals surface area (Å²) in [6.45, 7) is 7.52. The molecule has 1 N–H and O–H groups in total. The molecule has 1 atom stereocenters. The predicted molar refractivity (Wildman–Crippen MR) is 128 cm³/mol. The second-order valence-electron chi connectivity index (χ2n) is 8.06. The number of carbonyl (C=O) groups excluding carboxylic acids is 3. The van der Waals surface area contributed by atoms with Gasteiger partial charge in [-0.15, -0.1) is 5.10 Å². The number of para-hydroxylation sites is 2. The molecule has 0 fully saturated rings. The second kappa shape index (κ2) is 8.90. The Kier molecular flexibility index (Phi) is 6.16. The molecule has 172 valence electrons. The summed E-state index contributed by atoms with van der Waals surface area (Å²) in [4.78, 5) is 38.4. The minimum absolute atomic E-state index is 0.225. The van der Waals surface area contributed by atoms with Crippen molar-refractivity contribution >= 4 is 40.3 Å². The number of aryl methyl sites for hydroxylation is 2. The fraction of sp³-hybridized carbons (Fsp3) is 0.333. The van der Waals surface area contributed by atoms with Crippen LogP contribution in [0.1, 0.15) is 37.0 Å². The van der Waals surface area contributed by atoms with Crippen molar-refractivity contribution in [2.45, 2.75) is 39.0 Å². The first-order valence-corrected chi connectivity index (χ1v) is 11.5. The summed E-state index contributed by atoms with van der Waals surface area (Å²) in [6, 6.07) is 13.4. The number of hydrazone groups is 1. The van der Waals surface area contributed by atoms with Gasteiger partial charge in [-0.1, -0.05) is 36.4 Å². The highest BCUT2D eigenvalue weighted by atomic mass is 32.2. The van der Waals surface area contributed by atoms with Crippen LogP contribution in [-0.2, 0) is 19.3 Å². The molecule has 8 nitrogen and oxygen atoms in total. The molecule has 0 aliphatic carbocycles. The van der Waals surface area contributed by atoms with Gasteiger partial charge in [-0.05, 0) is 49.2 Å². The lowest BCUT2D eigenvalue weighted by atomic mass is 10.0. The van der Waals surface area contributed by atoms with Crippen molar-refractivity contribution in [1.29, 1.82) is 0 Å². The molecule has 2 aliphatic heterocycles. The van der Waals surface area contributed by atoms with E-state index in [1.165, 1.54) is 18.9 Å². The predicted octanol–water partition coefficient (Wildman–Crippen LogP) is 3.27. The first-order chi connectivity index (χ1) is 15.8. The van der Waals surface area contributed by atoms with E-state index in [0.29, 0.717) is 25.1 Å². The number of anilines is 1. The summed E-state index contributed by atoms with van der Waals surface area (Å²) in [7, 11) is 0. The fourth-order valence-corrected chi connectivity index (χ4v) is 5.51. The van der Waals surface area contributed by atoms with Gasteiger partial charge in [0.1, 0.15) is 5.75 Å². The third-order valence-corrected chi connectivity index (χ3v) is 6.84. The smallest absolute Gasteiger partial charge is 0.270 e. The Balaban J connectivity index is 1.61. The number of amides is 3. The van der Waals surface area contributed by atoms with Crippen LogP contribution in [0, 0.1) is 13.8 Å². The Morgan fingerprint density at radius 3 is 2.52 bits per heavy atom. The monoisotopic (exact) mass is 466 g/mol. The third-order valence-electron chi connectivity index (χ3n) is 5.60. The van der Waals surface area contributed by atoms with Gasteiger partial charge in [0.15, 0.2) is 5.17 Å². The maximum atomic E-state index is 13.9. The van der Waals surface area contributed by atoms with Gasteiger partial charge in [0.25, 0.3) is 5.91 Å². The molecule has 0 aromatic heterocycles. The van der Waals surface area contributed by atoms with Gasteiger partial charge in [-0.3, -0.25) is 14.4 Å². The first kappa shape index (κ1) is 22.8. The van der Waals surface area contributed by atoms with Gasteiger partial charge in [-0.25, -0.2) is 0 Å². The number of rotatable bonds is 5. The largest absolute Gasteiger partial charge is 0.493 e. The van der Waals surface area contributed by atoms with E-state index in [4.69, 9.17) is 4.74 Å². The van der Waals surface area contributed by atoms with Crippen molar-refractivity contribution in [3.63, 3.8) is 0 Å². The molecule has 0 unspecified atom stereocenters. The maximum Gasteiger partial charge on any atom is 0.270 e. The number of fused-ring (bicyclic) bond motifs is 2. The zero-order valence-corrected chi connectivity index (χ0v) is 19.9. The van der Waals surface area contributed by atoms with Crippen LogP contribution in [0.25, 0.3) is 0 Å². The number of amidine groups is 1.